The van der Waals surface area contributed by atoms with Crippen LogP contribution >= 0.6 is 0 Å². The third kappa shape index (κ3) is 6.22. The van der Waals surface area contributed by atoms with Crippen LogP contribution in [-0.2, 0) is 11.2 Å². The van der Waals surface area contributed by atoms with Crippen LogP contribution in [0.15, 0.2) is 79.1 Å². The summed E-state index contributed by atoms with van der Waals surface area (Å²) in [6, 6.07) is 15.5. The van der Waals surface area contributed by atoms with Gasteiger partial charge in [0.05, 0.1) is 17.3 Å². The van der Waals surface area contributed by atoms with E-state index < -0.39 is 35.4 Å². The predicted octanol–water partition coefficient (Wildman–Crippen LogP) is 7.15. The molecule has 5 aromatic rings. The van der Waals surface area contributed by atoms with E-state index >= 15 is 0 Å². The Morgan fingerprint density at radius 1 is 0.932 bits per heavy atom. The minimum Gasteiger partial charge on any atom is -0.355 e. The van der Waals surface area contributed by atoms with Crippen molar-refractivity contribution in [2.24, 2.45) is 0 Å². The van der Waals surface area contributed by atoms with Crippen LogP contribution in [0.3, 0.4) is 0 Å². The highest BCUT2D eigenvalue weighted by atomic mass is 19.1. The molecule has 0 spiro atoms. The van der Waals surface area contributed by atoms with Crippen LogP contribution in [0.2, 0.25) is 0 Å². The first kappa shape index (κ1) is 30.5. The van der Waals surface area contributed by atoms with Crippen LogP contribution in [-0.4, -0.2) is 28.4 Å². The molecule has 0 saturated heterocycles. The second kappa shape index (κ2) is 12.8. The SMILES string of the molecule is CCC(C(=O)N[C@@H](Cc1cc(F)cc(F)c1)c1ncccc1-c1ccc(F)c(C(=O)NC)c1)n1ccc2cc(C)c(C)cc21. The van der Waals surface area contributed by atoms with E-state index in [-0.39, 0.29) is 17.9 Å². The van der Waals surface area contributed by atoms with E-state index in [2.05, 4.69) is 27.8 Å². The maximum Gasteiger partial charge on any atom is 0.254 e. The van der Waals surface area contributed by atoms with Gasteiger partial charge in [-0.25, -0.2) is 13.2 Å². The van der Waals surface area contributed by atoms with E-state index in [1.54, 1.807) is 18.3 Å². The molecular formula is C35H33F3N4O2. The smallest absolute Gasteiger partial charge is 0.254 e. The number of aromatic nitrogens is 2. The third-order valence-electron chi connectivity index (χ3n) is 7.96. The summed E-state index contributed by atoms with van der Waals surface area (Å²) >= 11 is 0. The van der Waals surface area contributed by atoms with Crippen molar-refractivity contribution >= 4 is 22.7 Å². The highest BCUT2D eigenvalue weighted by Crippen LogP contribution is 2.32. The Balaban J connectivity index is 1.58. The van der Waals surface area contributed by atoms with Crippen LogP contribution in [0.25, 0.3) is 22.0 Å². The molecule has 0 aliphatic rings. The molecule has 1 unspecified atom stereocenters. The molecule has 2 aromatic heterocycles. The fourth-order valence-electron chi connectivity index (χ4n) is 5.59. The zero-order valence-corrected chi connectivity index (χ0v) is 24.9. The van der Waals surface area contributed by atoms with Crippen LogP contribution in [0.5, 0.6) is 0 Å². The molecule has 0 aliphatic carbocycles. The van der Waals surface area contributed by atoms with Crippen molar-refractivity contribution in [1.82, 2.24) is 20.2 Å². The number of nitrogens with one attached hydrogen (secondary N) is 2. The van der Waals surface area contributed by atoms with Crippen molar-refractivity contribution in [1.29, 1.82) is 0 Å². The van der Waals surface area contributed by atoms with Gasteiger partial charge in [0.25, 0.3) is 5.91 Å². The molecule has 2 amide bonds. The van der Waals surface area contributed by atoms with Gasteiger partial charge in [-0.3, -0.25) is 14.6 Å². The number of benzene rings is 3. The van der Waals surface area contributed by atoms with Crippen molar-refractivity contribution < 1.29 is 22.8 Å². The van der Waals surface area contributed by atoms with Crippen molar-refractivity contribution in [3.63, 3.8) is 0 Å². The molecule has 0 bridgehead atoms. The van der Waals surface area contributed by atoms with Gasteiger partial charge < -0.3 is 15.2 Å². The number of hydrogen-bond acceptors (Lipinski definition) is 3. The van der Waals surface area contributed by atoms with Crippen molar-refractivity contribution in [3.8, 4) is 11.1 Å². The quantitative estimate of drug-likeness (QED) is 0.189. The Morgan fingerprint density at radius 2 is 1.66 bits per heavy atom. The van der Waals surface area contributed by atoms with Crippen LogP contribution < -0.4 is 10.6 Å². The molecule has 9 heteroatoms. The standard InChI is InChI=1S/C35H33F3N4O2/c1-5-31(42-12-10-24-13-20(2)21(3)14-32(24)42)35(44)41-30(17-22-15-25(36)19-26(37)16-22)33-27(7-6-11-40-33)23-8-9-29(38)28(18-23)34(43)39-4/h6-16,18-19,30-31H,5,17H2,1-4H3,(H,39,43)(H,41,44)/t30-,31?/m0/s1. The summed E-state index contributed by atoms with van der Waals surface area (Å²) in [7, 11) is 1.41. The number of amides is 2. The van der Waals surface area contributed by atoms with E-state index in [4.69, 9.17) is 0 Å². The minimum absolute atomic E-state index is 0.0229. The Hall–Kier alpha value is -4.92. The van der Waals surface area contributed by atoms with E-state index in [0.29, 0.717) is 28.8 Å². The molecule has 3 aromatic carbocycles. The fourth-order valence-corrected chi connectivity index (χ4v) is 5.59. The highest BCUT2D eigenvalue weighted by Gasteiger charge is 2.27. The highest BCUT2D eigenvalue weighted by molar-refractivity contribution is 5.95. The summed E-state index contributed by atoms with van der Waals surface area (Å²) in [5, 5.41) is 6.55. The molecule has 2 heterocycles. The Labute approximate surface area is 253 Å². The third-order valence-corrected chi connectivity index (χ3v) is 7.96. The summed E-state index contributed by atoms with van der Waals surface area (Å²) in [5.41, 5.74) is 4.77. The number of pyridine rings is 1. The van der Waals surface area contributed by atoms with Gasteiger partial charge in [0, 0.05) is 36.6 Å². The van der Waals surface area contributed by atoms with Crippen LogP contribution in [0.1, 0.15) is 58.2 Å². The van der Waals surface area contributed by atoms with E-state index in [9.17, 15) is 22.8 Å². The average Bonchev–Trinajstić information content (AvgIpc) is 3.38. The first-order valence-electron chi connectivity index (χ1n) is 14.4. The Bertz CT molecular complexity index is 1850. The van der Waals surface area contributed by atoms with Gasteiger partial charge >= 0.3 is 0 Å². The van der Waals surface area contributed by atoms with E-state index in [1.807, 2.05) is 37.6 Å². The maximum absolute atomic E-state index is 14.5. The summed E-state index contributed by atoms with van der Waals surface area (Å²) < 4.78 is 44.9. The summed E-state index contributed by atoms with van der Waals surface area (Å²) in [5.74, 6) is -3.06. The molecule has 6 nitrogen and oxygen atoms in total. The molecular weight excluding hydrogens is 565 g/mol. The second-order valence-corrected chi connectivity index (χ2v) is 10.9. The number of rotatable bonds is 9. The van der Waals surface area contributed by atoms with Gasteiger partial charge in [-0.2, -0.15) is 0 Å². The lowest BCUT2D eigenvalue weighted by molar-refractivity contribution is -0.125. The van der Waals surface area contributed by atoms with Gasteiger partial charge in [0.2, 0.25) is 5.91 Å². The van der Waals surface area contributed by atoms with E-state index in [0.717, 1.165) is 28.1 Å². The number of carbonyl (C=O) groups excluding carboxylic acids is 2. The first-order valence-corrected chi connectivity index (χ1v) is 14.4. The molecule has 5 rings (SSSR count). The number of aryl methyl sites for hydroxylation is 2. The molecule has 2 atom stereocenters. The lowest BCUT2D eigenvalue weighted by atomic mass is 9.94. The monoisotopic (exact) mass is 598 g/mol. The number of halogens is 3. The van der Waals surface area contributed by atoms with Gasteiger partial charge in [0.1, 0.15) is 23.5 Å². The van der Waals surface area contributed by atoms with Crippen LogP contribution in [0.4, 0.5) is 13.2 Å². The summed E-state index contributed by atoms with van der Waals surface area (Å²) in [4.78, 5) is 31.0. The molecule has 44 heavy (non-hydrogen) atoms. The van der Waals surface area contributed by atoms with Gasteiger partial charge in [-0.05, 0) is 103 Å². The van der Waals surface area contributed by atoms with Crippen molar-refractivity contribution in [3.05, 3.63) is 125 Å². The average molecular weight is 599 g/mol. The topological polar surface area (TPSA) is 76.0 Å². The predicted molar refractivity (Wildman–Crippen MR) is 165 cm³/mol. The summed E-state index contributed by atoms with van der Waals surface area (Å²) in [6.45, 7) is 5.98. The minimum atomic E-state index is -0.826. The number of hydrogen-bond donors (Lipinski definition) is 2. The van der Waals surface area contributed by atoms with Gasteiger partial charge in [-0.1, -0.05) is 19.1 Å². The molecule has 0 radical (unpaired) electrons. The Morgan fingerprint density at radius 3 is 2.36 bits per heavy atom. The lowest BCUT2D eigenvalue weighted by Crippen LogP contribution is -2.36. The number of nitrogens with zero attached hydrogens (tertiary/aromatic N) is 2. The molecule has 226 valence electrons. The van der Waals surface area contributed by atoms with Crippen molar-refractivity contribution in [2.75, 3.05) is 7.05 Å². The largest absolute Gasteiger partial charge is 0.355 e. The number of carbonyl (C=O) groups is 2. The number of fused-ring (bicyclic) bond motifs is 1. The maximum atomic E-state index is 14.5. The molecule has 2 N–H and O–H groups in total. The molecule has 0 fully saturated rings. The van der Waals surface area contributed by atoms with Crippen molar-refractivity contribution in [2.45, 2.75) is 45.7 Å². The van der Waals surface area contributed by atoms with Crippen LogP contribution in [0, 0.1) is 31.3 Å². The lowest BCUT2D eigenvalue weighted by Gasteiger charge is -2.25. The fraction of sp³-hybridized carbons (Fsp3) is 0.229. The first-order chi connectivity index (χ1) is 21.1. The normalized spacial score (nSPS) is 12.6. The molecule has 0 saturated carbocycles. The molecule has 0 aliphatic heterocycles. The zero-order chi connectivity index (χ0) is 31.5. The van der Waals surface area contributed by atoms with Gasteiger partial charge in [0.15, 0.2) is 0 Å². The Kier molecular flexibility index (Phi) is 8.85. The van der Waals surface area contributed by atoms with Gasteiger partial charge in [-0.15, -0.1) is 0 Å². The second-order valence-electron chi connectivity index (χ2n) is 10.9. The summed E-state index contributed by atoms with van der Waals surface area (Å²) in [6.07, 6.45) is 3.94. The zero-order valence-electron chi connectivity index (χ0n) is 24.9. The van der Waals surface area contributed by atoms with E-state index in [1.165, 1.54) is 37.4 Å².